The molecule has 0 saturated carbocycles. The van der Waals surface area contributed by atoms with Gasteiger partial charge in [-0.1, -0.05) is 97.2 Å². The van der Waals surface area contributed by atoms with Crippen LogP contribution in [-0.4, -0.2) is 9.52 Å². The average Bonchev–Trinajstić information content (AvgIpc) is 3.69. The first-order valence-electron chi connectivity index (χ1n) is 15.3. The topological polar surface area (TPSA) is 0 Å². The summed E-state index contributed by atoms with van der Waals surface area (Å²) in [5.74, 6) is 0.206. The largest absolute Gasteiger partial charge is 0.184 e. The van der Waals surface area contributed by atoms with E-state index in [2.05, 4.69) is 42.5 Å². The summed E-state index contributed by atoms with van der Waals surface area (Å²) in [5, 5.41) is 4.24. The molecule has 0 aromatic heterocycles. The van der Waals surface area contributed by atoms with Gasteiger partial charge in [0.05, 0.1) is 20.6 Å². The van der Waals surface area contributed by atoms with Crippen LogP contribution in [0.15, 0.2) is 115 Å². The molecule has 7 rings (SSSR count). The molecule has 1 aliphatic rings. The number of hydrogen-bond acceptors (Lipinski definition) is 0. The fraction of sp³-hybridized carbons (Fsp3) is 0.154. The van der Waals surface area contributed by atoms with Crippen molar-refractivity contribution in [3.8, 4) is 33.4 Å². The van der Waals surface area contributed by atoms with E-state index in [1.807, 2.05) is 38.1 Å². The van der Waals surface area contributed by atoms with Gasteiger partial charge in [0.25, 0.3) is 0 Å². The van der Waals surface area contributed by atoms with Crippen molar-refractivity contribution in [2.45, 2.75) is 38.5 Å². The van der Waals surface area contributed by atoms with Crippen molar-refractivity contribution in [3.63, 3.8) is 0 Å². The molecule has 49 heavy (non-hydrogen) atoms. The Morgan fingerprint density at radius 3 is 1.98 bits per heavy atom. The summed E-state index contributed by atoms with van der Waals surface area (Å²) in [5.41, 5.74) is 2.68. The van der Waals surface area contributed by atoms with Gasteiger partial charge in [0.1, 0.15) is 0 Å². The zero-order valence-corrected chi connectivity index (χ0v) is 31.2. The summed E-state index contributed by atoms with van der Waals surface area (Å²) in [7, 11) is 10.7. The van der Waals surface area contributed by atoms with Crippen LogP contribution in [0.3, 0.4) is 0 Å². The Labute approximate surface area is 302 Å². The maximum Gasteiger partial charge on any atom is 0.0920 e. The Kier molecular flexibility index (Phi) is 12.1. The molecule has 10 heteroatoms. The van der Waals surface area contributed by atoms with Crippen LogP contribution in [-0.2, 0) is 33.2 Å². The van der Waals surface area contributed by atoms with E-state index in [4.69, 9.17) is 17.0 Å². The molecule has 248 valence electrons. The van der Waals surface area contributed by atoms with Gasteiger partial charge in [-0.05, 0) is 40.8 Å². The van der Waals surface area contributed by atoms with Crippen LogP contribution >= 0.6 is 17.0 Å². The van der Waals surface area contributed by atoms with E-state index in [1.54, 1.807) is 36.4 Å². The molecule has 1 atom stereocenters. The normalized spacial score (nSPS) is 12.5. The molecule has 1 heterocycles. The number of rotatable bonds is 4. The van der Waals surface area contributed by atoms with E-state index in [0.29, 0.717) is 22.1 Å². The molecule has 1 aliphatic heterocycles. The van der Waals surface area contributed by atoms with Gasteiger partial charge in [0, 0.05) is 0 Å². The molecular weight excluding hydrogens is 773 g/mol. The minimum absolute atomic E-state index is 0.108. The molecule has 0 N–H and O–H groups in total. The Morgan fingerprint density at radius 1 is 0.735 bits per heavy atom. The number of benzene rings is 5. The molecule has 0 saturated heterocycles. The van der Waals surface area contributed by atoms with Crippen LogP contribution in [0.1, 0.15) is 42.9 Å². The minimum atomic E-state index is -4.91. The Balaban J connectivity index is 0.000000239. The third-order valence-electron chi connectivity index (χ3n) is 8.39. The summed E-state index contributed by atoms with van der Waals surface area (Å²) < 4.78 is 81.5. The molecule has 0 fully saturated rings. The molecule has 0 bridgehead atoms. The van der Waals surface area contributed by atoms with Crippen LogP contribution in [0.4, 0.5) is 26.3 Å². The van der Waals surface area contributed by atoms with Crippen molar-refractivity contribution in [1.82, 2.24) is 0 Å². The third-order valence-corrected chi connectivity index (χ3v) is 9.76. The first kappa shape index (κ1) is 37.2. The molecule has 6 aromatic carbocycles. The van der Waals surface area contributed by atoms with Crippen LogP contribution in [0.2, 0.25) is 0 Å². The maximum atomic E-state index is 13.6. The van der Waals surface area contributed by atoms with E-state index in [-0.39, 0.29) is 17.5 Å². The van der Waals surface area contributed by atoms with Crippen molar-refractivity contribution in [2.24, 2.45) is 0 Å². The molecule has 0 nitrogen and oxygen atoms in total. The van der Waals surface area contributed by atoms with Gasteiger partial charge in [-0.2, -0.15) is 61.9 Å². The number of halogens is 8. The quantitative estimate of drug-likeness (QED) is 0.0945. The predicted octanol–water partition coefficient (Wildman–Crippen LogP) is 11.9. The zero-order chi connectivity index (χ0) is 35.3. The van der Waals surface area contributed by atoms with E-state index in [0.717, 1.165) is 39.0 Å². The van der Waals surface area contributed by atoms with Crippen LogP contribution in [0, 0.1) is 6.07 Å². The fourth-order valence-electron chi connectivity index (χ4n) is 5.82. The summed E-state index contributed by atoms with van der Waals surface area (Å²) in [4.78, 5) is 0. The van der Waals surface area contributed by atoms with Crippen molar-refractivity contribution in [3.05, 3.63) is 138 Å². The van der Waals surface area contributed by atoms with Gasteiger partial charge in [-0.15, -0.1) is 34.0 Å². The average molecular weight is 801 g/mol. The Bertz CT molecular complexity index is 1960. The van der Waals surface area contributed by atoms with Gasteiger partial charge in [-0.3, -0.25) is 0 Å². The first-order valence-corrected chi connectivity index (χ1v) is 22.6. The SMILES string of the molecule is CCC(C)c1cc2c(-c3cc(C(F)(F)F)cc(C(F)(F)F)c3)c(-c3ccccc3)ccc2[cH-]1.[Cl][Zr+2][Cl].[c-]1cccc2c1[Si]c1ccccc1-2. The summed E-state index contributed by atoms with van der Waals surface area (Å²) in [6.07, 6.45) is -8.96. The molecule has 2 radical (unpaired) electrons. The minimum Gasteiger partial charge on any atom is -0.184 e. The first-order chi connectivity index (χ1) is 23.3. The Morgan fingerprint density at radius 2 is 1.35 bits per heavy atom. The number of alkyl halides is 6. The van der Waals surface area contributed by atoms with E-state index in [1.165, 1.54) is 21.5 Å². The van der Waals surface area contributed by atoms with Gasteiger partial charge < -0.3 is 0 Å². The van der Waals surface area contributed by atoms with Crippen molar-refractivity contribution < 1.29 is 47.2 Å². The summed E-state index contributed by atoms with van der Waals surface area (Å²) >= 11 is -0.826. The molecule has 0 aliphatic carbocycles. The monoisotopic (exact) mass is 798 g/mol. The molecule has 0 amide bonds. The maximum absolute atomic E-state index is 13.6. The number of fused-ring (bicyclic) bond motifs is 4. The van der Waals surface area contributed by atoms with Crippen molar-refractivity contribution >= 4 is 47.7 Å². The van der Waals surface area contributed by atoms with Gasteiger partial charge in [0.2, 0.25) is 0 Å². The molecule has 1 unspecified atom stereocenters. The zero-order valence-electron chi connectivity index (χ0n) is 26.3. The smallest absolute Gasteiger partial charge is 0.0920 e. The van der Waals surface area contributed by atoms with Crippen LogP contribution in [0.25, 0.3) is 44.2 Å². The van der Waals surface area contributed by atoms with Crippen molar-refractivity contribution in [1.29, 1.82) is 0 Å². The summed E-state index contributed by atoms with van der Waals surface area (Å²) in [6, 6.07) is 36.4. The van der Waals surface area contributed by atoms with E-state index < -0.39 is 44.3 Å². The number of hydrogen-bond donors (Lipinski definition) is 0. The molecule has 0 spiro atoms. The van der Waals surface area contributed by atoms with Crippen molar-refractivity contribution in [2.75, 3.05) is 0 Å². The van der Waals surface area contributed by atoms with Crippen LogP contribution < -0.4 is 10.4 Å². The molecule has 6 aromatic rings. The second-order valence-corrected chi connectivity index (χ2v) is 16.5. The summed E-state index contributed by atoms with van der Waals surface area (Å²) in [6.45, 7) is 4.07. The Hall–Kier alpha value is -3.03. The van der Waals surface area contributed by atoms with Gasteiger partial charge in [0.15, 0.2) is 0 Å². The van der Waals surface area contributed by atoms with E-state index >= 15 is 0 Å². The molecular formula is C39H28Cl2F6SiZr. The standard InChI is InChI=1S/C27H21F6.C12H7Si.2ClH.Zr/c1-3-16(2)19-11-18-9-10-23(17-7-5-4-6-8-17)25(24(18)14-19)20-12-21(26(28,29)30)15-22(13-20)27(31,32)33;1-3-7-11-9(5-1)10-6-2-4-8-12(10)13-11;;;/h4-16H,3H2,1-2H3;1-7H;2*1H;/q2*-1;;;+4/p-2. The second kappa shape index (κ2) is 15.9. The fourth-order valence-corrected chi connectivity index (χ4v) is 7.13. The van der Waals surface area contributed by atoms with Gasteiger partial charge in [-0.25, -0.2) is 0 Å². The van der Waals surface area contributed by atoms with Crippen LogP contribution in [0.5, 0.6) is 0 Å². The van der Waals surface area contributed by atoms with E-state index in [9.17, 15) is 26.3 Å². The predicted molar refractivity (Wildman–Crippen MR) is 187 cm³/mol. The third kappa shape index (κ3) is 8.65. The second-order valence-electron chi connectivity index (χ2n) is 11.5. The van der Waals surface area contributed by atoms with Gasteiger partial charge >= 0.3 is 50.2 Å².